The van der Waals surface area contributed by atoms with E-state index in [0.717, 1.165) is 56.1 Å². The van der Waals surface area contributed by atoms with Crippen molar-refractivity contribution >= 4 is 24.8 Å². The van der Waals surface area contributed by atoms with Gasteiger partial charge in [-0.05, 0) is 37.6 Å². The van der Waals surface area contributed by atoms with E-state index < -0.39 is 0 Å². The highest BCUT2D eigenvalue weighted by atomic mass is 35.5. The van der Waals surface area contributed by atoms with Gasteiger partial charge in [0.25, 0.3) is 0 Å². The summed E-state index contributed by atoms with van der Waals surface area (Å²) in [4.78, 5) is 2.53. The molecular formula is C22H32Cl2N2O3. The Morgan fingerprint density at radius 1 is 0.862 bits per heavy atom. The third kappa shape index (κ3) is 6.96. The molecule has 1 N–H and O–H groups in total. The van der Waals surface area contributed by atoms with Gasteiger partial charge in [0.05, 0.1) is 21.3 Å². The maximum Gasteiger partial charge on any atom is 0.164 e. The van der Waals surface area contributed by atoms with E-state index in [9.17, 15) is 0 Å². The maximum atomic E-state index is 5.53. The molecule has 2 aromatic rings. The van der Waals surface area contributed by atoms with Gasteiger partial charge in [-0.15, -0.1) is 24.8 Å². The molecule has 0 atom stereocenters. The first kappa shape index (κ1) is 25.4. The number of hydrogen-bond donors (Lipinski definition) is 1. The van der Waals surface area contributed by atoms with E-state index in [1.54, 1.807) is 21.3 Å². The fourth-order valence-electron chi connectivity index (χ4n) is 3.62. The molecular weight excluding hydrogens is 411 g/mol. The molecule has 1 aliphatic heterocycles. The fraction of sp³-hybridized carbons (Fsp3) is 0.455. The number of hydrogen-bond acceptors (Lipinski definition) is 5. The molecule has 5 nitrogen and oxygen atoms in total. The van der Waals surface area contributed by atoms with Crippen LogP contribution in [0.15, 0.2) is 42.5 Å². The van der Waals surface area contributed by atoms with Crippen LogP contribution in [0.2, 0.25) is 0 Å². The summed E-state index contributed by atoms with van der Waals surface area (Å²) >= 11 is 0. The second-order valence-electron chi connectivity index (χ2n) is 6.94. The summed E-state index contributed by atoms with van der Waals surface area (Å²) in [5.74, 6) is 2.24. The highest BCUT2D eigenvalue weighted by molar-refractivity contribution is 5.85. The lowest BCUT2D eigenvalue weighted by atomic mass is 10.0. The first-order chi connectivity index (χ1) is 13.2. The minimum atomic E-state index is 0. The van der Waals surface area contributed by atoms with E-state index in [1.165, 1.54) is 5.56 Å². The van der Waals surface area contributed by atoms with Crippen molar-refractivity contribution in [1.82, 2.24) is 10.2 Å². The summed E-state index contributed by atoms with van der Waals surface area (Å²) in [6.45, 7) is 4.04. The van der Waals surface area contributed by atoms with Gasteiger partial charge in [-0.1, -0.05) is 30.3 Å². The zero-order valence-corrected chi connectivity index (χ0v) is 19.0. The molecule has 0 spiro atoms. The van der Waals surface area contributed by atoms with Crippen LogP contribution in [0.5, 0.6) is 17.2 Å². The van der Waals surface area contributed by atoms with Crippen molar-refractivity contribution < 1.29 is 14.2 Å². The van der Waals surface area contributed by atoms with Crippen LogP contribution >= 0.6 is 24.8 Å². The van der Waals surface area contributed by atoms with Gasteiger partial charge in [-0.25, -0.2) is 0 Å². The molecule has 3 rings (SSSR count). The van der Waals surface area contributed by atoms with Gasteiger partial charge in [0, 0.05) is 30.8 Å². The number of piperidine rings is 1. The normalized spacial score (nSPS) is 14.4. The van der Waals surface area contributed by atoms with E-state index >= 15 is 0 Å². The maximum absolute atomic E-state index is 5.53. The highest BCUT2D eigenvalue weighted by Crippen LogP contribution is 2.34. The molecule has 162 valence electrons. The van der Waals surface area contributed by atoms with Gasteiger partial charge >= 0.3 is 0 Å². The minimum absolute atomic E-state index is 0. The van der Waals surface area contributed by atoms with Crippen LogP contribution in [0.1, 0.15) is 24.0 Å². The first-order valence-electron chi connectivity index (χ1n) is 9.52. The van der Waals surface area contributed by atoms with E-state index in [-0.39, 0.29) is 24.8 Å². The van der Waals surface area contributed by atoms with Gasteiger partial charge in [0.15, 0.2) is 11.5 Å². The molecule has 0 aromatic heterocycles. The van der Waals surface area contributed by atoms with Crippen LogP contribution < -0.4 is 19.5 Å². The number of rotatable bonds is 8. The van der Waals surface area contributed by atoms with Gasteiger partial charge in [-0.2, -0.15) is 0 Å². The number of ether oxygens (including phenoxy) is 3. The zero-order chi connectivity index (χ0) is 19.1. The zero-order valence-electron chi connectivity index (χ0n) is 17.3. The molecule has 0 saturated carbocycles. The third-order valence-electron chi connectivity index (χ3n) is 5.20. The summed E-state index contributed by atoms with van der Waals surface area (Å²) in [6, 6.07) is 15.1. The summed E-state index contributed by atoms with van der Waals surface area (Å²) in [7, 11) is 4.98. The fourth-order valence-corrected chi connectivity index (χ4v) is 3.62. The highest BCUT2D eigenvalue weighted by Gasteiger charge is 2.20. The Bertz CT molecular complexity index is 723. The monoisotopic (exact) mass is 442 g/mol. The average Bonchev–Trinajstić information content (AvgIpc) is 2.73. The SMILES string of the molecule is COc1cc(OC)c(OC)cc1CNC1CCN(Cc2ccccc2)CC1.Cl.Cl. The van der Waals surface area contributed by atoms with Crippen molar-refractivity contribution in [3.63, 3.8) is 0 Å². The molecule has 1 saturated heterocycles. The van der Waals surface area contributed by atoms with Crippen LogP contribution in [-0.4, -0.2) is 45.4 Å². The predicted molar refractivity (Wildman–Crippen MR) is 122 cm³/mol. The van der Waals surface area contributed by atoms with Crippen LogP contribution in [0, 0.1) is 0 Å². The Labute approximate surface area is 186 Å². The first-order valence-corrected chi connectivity index (χ1v) is 9.52. The lowest BCUT2D eigenvalue weighted by Gasteiger charge is -2.32. The molecule has 7 heteroatoms. The quantitative estimate of drug-likeness (QED) is 0.659. The van der Waals surface area contributed by atoms with Crippen molar-refractivity contribution in [2.45, 2.75) is 32.0 Å². The third-order valence-corrected chi connectivity index (χ3v) is 5.20. The van der Waals surface area contributed by atoms with E-state index in [1.807, 2.05) is 12.1 Å². The van der Waals surface area contributed by atoms with Crippen molar-refractivity contribution in [2.24, 2.45) is 0 Å². The molecule has 1 heterocycles. The predicted octanol–water partition coefficient (Wildman–Crippen LogP) is 4.31. The largest absolute Gasteiger partial charge is 0.496 e. The topological polar surface area (TPSA) is 43.0 Å². The van der Waals surface area contributed by atoms with Crippen LogP contribution in [0.4, 0.5) is 0 Å². The van der Waals surface area contributed by atoms with Crippen molar-refractivity contribution in [2.75, 3.05) is 34.4 Å². The number of likely N-dealkylation sites (tertiary alicyclic amines) is 1. The minimum Gasteiger partial charge on any atom is -0.496 e. The summed E-state index contributed by atoms with van der Waals surface area (Å²) in [6.07, 6.45) is 2.31. The Hall–Kier alpha value is -1.66. The molecule has 0 bridgehead atoms. The second-order valence-corrected chi connectivity index (χ2v) is 6.94. The second kappa shape index (κ2) is 12.8. The summed E-state index contributed by atoms with van der Waals surface area (Å²) in [5, 5.41) is 3.68. The Balaban J connectivity index is 0.00000210. The van der Waals surface area contributed by atoms with E-state index in [4.69, 9.17) is 14.2 Å². The lowest BCUT2D eigenvalue weighted by molar-refractivity contribution is 0.190. The number of nitrogens with zero attached hydrogens (tertiary/aromatic N) is 1. The lowest BCUT2D eigenvalue weighted by Crippen LogP contribution is -2.41. The molecule has 1 aliphatic rings. The van der Waals surface area contributed by atoms with E-state index in [0.29, 0.717) is 11.8 Å². The van der Waals surface area contributed by atoms with Gasteiger partial charge < -0.3 is 19.5 Å². The Morgan fingerprint density at radius 3 is 2.03 bits per heavy atom. The standard InChI is InChI=1S/C22H30N2O3.2ClH/c1-25-20-14-22(27-3)21(26-2)13-18(20)15-23-19-9-11-24(12-10-19)16-17-7-5-4-6-8-17;;/h4-8,13-14,19,23H,9-12,15-16H2,1-3H3;2*1H. The van der Waals surface area contributed by atoms with Crippen LogP contribution in [-0.2, 0) is 13.1 Å². The van der Waals surface area contributed by atoms with Gasteiger partial charge in [-0.3, -0.25) is 4.90 Å². The van der Waals surface area contributed by atoms with Crippen molar-refractivity contribution in [3.05, 3.63) is 53.6 Å². The number of halogens is 2. The van der Waals surface area contributed by atoms with Crippen molar-refractivity contribution in [3.8, 4) is 17.2 Å². The van der Waals surface area contributed by atoms with E-state index in [2.05, 4.69) is 40.5 Å². The Kier molecular flexibility index (Phi) is 11.2. The number of methoxy groups -OCH3 is 3. The average molecular weight is 443 g/mol. The van der Waals surface area contributed by atoms with Crippen molar-refractivity contribution in [1.29, 1.82) is 0 Å². The summed E-state index contributed by atoms with van der Waals surface area (Å²) in [5.41, 5.74) is 2.47. The van der Waals surface area contributed by atoms with Crippen LogP contribution in [0.3, 0.4) is 0 Å². The molecule has 0 aliphatic carbocycles. The molecule has 0 radical (unpaired) electrons. The van der Waals surface area contributed by atoms with Gasteiger partial charge in [0.2, 0.25) is 0 Å². The molecule has 2 aromatic carbocycles. The molecule has 29 heavy (non-hydrogen) atoms. The smallest absolute Gasteiger partial charge is 0.164 e. The molecule has 0 unspecified atom stereocenters. The van der Waals surface area contributed by atoms with Gasteiger partial charge in [0.1, 0.15) is 5.75 Å². The number of benzene rings is 2. The van der Waals surface area contributed by atoms with Crippen LogP contribution in [0.25, 0.3) is 0 Å². The Morgan fingerprint density at radius 2 is 1.45 bits per heavy atom. The molecule has 0 amide bonds. The summed E-state index contributed by atoms with van der Waals surface area (Å²) < 4.78 is 16.3. The number of nitrogens with one attached hydrogen (secondary N) is 1. The molecule has 1 fully saturated rings.